The van der Waals surface area contributed by atoms with Crippen molar-refractivity contribution in [2.45, 2.75) is 34.1 Å². The highest BCUT2D eigenvalue weighted by Crippen LogP contribution is 2.49. The van der Waals surface area contributed by atoms with E-state index in [0.717, 1.165) is 35.4 Å². The Balaban J connectivity index is 2.33. The topological polar surface area (TPSA) is 3.24 Å². The standard InChI is InChI=1S/C25H31N/c1-9-11-24(19(5)10-2)20(6)25(8)16-17-26(21(25)7)23-14-12-22(13-15-23)18(3)4/h9-15H,1,3,6-7,16-17H2,2,4-5,8H3/b19-10-,24-11+. The van der Waals surface area contributed by atoms with Gasteiger partial charge in [0.15, 0.2) is 0 Å². The summed E-state index contributed by atoms with van der Waals surface area (Å²) < 4.78 is 0. The van der Waals surface area contributed by atoms with Crippen molar-refractivity contribution >= 4 is 11.3 Å². The number of benzene rings is 1. The Morgan fingerprint density at radius 2 is 1.77 bits per heavy atom. The lowest BCUT2D eigenvalue weighted by molar-refractivity contribution is 0.513. The summed E-state index contributed by atoms with van der Waals surface area (Å²) in [6.45, 7) is 26.2. The summed E-state index contributed by atoms with van der Waals surface area (Å²) in [6, 6.07) is 8.56. The minimum absolute atomic E-state index is 0.161. The largest absolute Gasteiger partial charge is 0.345 e. The zero-order valence-corrected chi connectivity index (χ0v) is 16.7. The predicted octanol–water partition coefficient (Wildman–Crippen LogP) is 7.08. The van der Waals surface area contributed by atoms with Crippen LogP contribution in [0.15, 0.2) is 91.2 Å². The van der Waals surface area contributed by atoms with Gasteiger partial charge in [0.1, 0.15) is 0 Å². The van der Waals surface area contributed by atoms with Gasteiger partial charge in [-0.25, -0.2) is 0 Å². The van der Waals surface area contributed by atoms with Crippen LogP contribution in [0.25, 0.3) is 5.57 Å². The van der Waals surface area contributed by atoms with Crippen LogP contribution in [0.3, 0.4) is 0 Å². The van der Waals surface area contributed by atoms with Gasteiger partial charge in [0.2, 0.25) is 0 Å². The summed E-state index contributed by atoms with van der Waals surface area (Å²) in [7, 11) is 0. The molecule has 1 nitrogen and oxygen atoms in total. The average molecular weight is 346 g/mol. The highest BCUT2D eigenvalue weighted by atomic mass is 15.2. The summed E-state index contributed by atoms with van der Waals surface area (Å²) in [6.07, 6.45) is 7.01. The molecular weight excluding hydrogens is 314 g/mol. The van der Waals surface area contributed by atoms with Crippen molar-refractivity contribution in [1.29, 1.82) is 0 Å². The first-order chi connectivity index (χ1) is 12.3. The van der Waals surface area contributed by atoms with Crippen molar-refractivity contribution in [1.82, 2.24) is 0 Å². The van der Waals surface area contributed by atoms with E-state index < -0.39 is 0 Å². The zero-order chi connectivity index (χ0) is 19.5. The number of rotatable bonds is 6. The molecule has 1 unspecified atom stereocenters. The van der Waals surface area contributed by atoms with E-state index in [-0.39, 0.29) is 5.41 Å². The molecule has 0 N–H and O–H groups in total. The lowest BCUT2D eigenvalue weighted by atomic mass is 9.74. The number of nitrogens with zero attached hydrogens (tertiary/aromatic N) is 1. The first kappa shape index (κ1) is 19.8. The number of hydrogen-bond donors (Lipinski definition) is 0. The van der Waals surface area contributed by atoms with E-state index in [1.54, 1.807) is 0 Å². The van der Waals surface area contributed by atoms with Crippen molar-refractivity contribution in [3.8, 4) is 0 Å². The molecule has 0 bridgehead atoms. The fourth-order valence-electron chi connectivity index (χ4n) is 3.49. The molecule has 0 spiro atoms. The Hall–Kier alpha value is -2.54. The summed E-state index contributed by atoms with van der Waals surface area (Å²) in [5, 5.41) is 0. The number of allylic oxidation sites excluding steroid dienone is 7. The van der Waals surface area contributed by atoms with Gasteiger partial charge in [-0.1, -0.05) is 62.2 Å². The Morgan fingerprint density at radius 3 is 2.27 bits per heavy atom. The molecule has 26 heavy (non-hydrogen) atoms. The molecule has 2 rings (SSSR count). The third-order valence-corrected chi connectivity index (χ3v) is 5.60. The molecule has 0 saturated carbocycles. The van der Waals surface area contributed by atoms with Crippen LogP contribution in [0.1, 0.15) is 39.7 Å². The highest BCUT2D eigenvalue weighted by Gasteiger charge is 2.41. The molecule has 1 atom stereocenters. The molecular formula is C25H31N. The van der Waals surface area contributed by atoms with E-state index in [4.69, 9.17) is 0 Å². The van der Waals surface area contributed by atoms with Gasteiger partial charge in [0, 0.05) is 23.3 Å². The lowest BCUT2D eigenvalue weighted by Crippen LogP contribution is -2.23. The van der Waals surface area contributed by atoms with Crippen LogP contribution in [-0.2, 0) is 0 Å². The molecule has 0 radical (unpaired) electrons. The Morgan fingerprint density at radius 1 is 1.15 bits per heavy atom. The van der Waals surface area contributed by atoms with Gasteiger partial charge in [-0.15, -0.1) is 0 Å². The van der Waals surface area contributed by atoms with E-state index in [9.17, 15) is 0 Å². The van der Waals surface area contributed by atoms with Crippen molar-refractivity contribution in [2.24, 2.45) is 5.41 Å². The molecule has 1 heterocycles. The van der Waals surface area contributed by atoms with Gasteiger partial charge in [-0.2, -0.15) is 0 Å². The number of hydrogen-bond acceptors (Lipinski definition) is 1. The van der Waals surface area contributed by atoms with E-state index in [1.165, 1.54) is 16.8 Å². The minimum Gasteiger partial charge on any atom is -0.345 e. The van der Waals surface area contributed by atoms with Gasteiger partial charge in [0.05, 0.1) is 0 Å². The summed E-state index contributed by atoms with van der Waals surface area (Å²) >= 11 is 0. The molecule has 1 fully saturated rings. The Labute approximate surface area is 159 Å². The van der Waals surface area contributed by atoms with E-state index >= 15 is 0 Å². The van der Waals surface area contributed by atoms with E-state index in [1.807, 2.05) is 13.0 Å². The SMILES string of the molecule is C=C/C=C(C(=C)C1(C)CCN(c2ccc(C(=C)C)cc2)C1=C)\C(C)=C/C. The molecule has 1 aliphatic heterocycles. The van der Waals surface area contributed by atoms with Crippen molar-refractivity contribution in [3.63, 3.8) is 0 Å². The van der Waals surface area contributed by atoms with E-state index in [2.05, 4.69) is 88.4 Å². The molecule has 136 valence electrons. The Bertz CT molecular complexity index is 801. The van der Waals surface area contributed by atoms with Crippen LogP contribution < -0.4 is 4.90 Å². The van der Waals surface area contributed by atoms with Gasteiger partial charge in [0.25, 0.3) is 0 Å². The maximum Gasteiger partial charge on any atom is 0.0408 e. The molecule has 1 aromatic rings. The van der Waals surface area contributed by atoms with Crippen molar-refractivity contribution in [3.05, 3.63) is 96.8 Å². The van der Waals surface area contributed by atoms with Crippen molar-refractivity contribution in [2.75, 3.05) is 11.4 Å². The summed E-state index contributed by atoms with van der Waals surface area (Å²) in [5.74, 6) is 0. The molecule has 0 amide bonds. The minimum atomic E-state index is -0.161. The third kappa shape index (κ3) is 3.53. The fraction of sp³-hybridized carbons (Fsp3) is 0.280. The smallest absolute Gasteiger partial charge is 0.0408 e. The molecule has 0 aromatic heterocycles. The second-order valence-corrected chi connectivity index (χ2v) is 7.27. The van der Waals surface area contributed by atoms with Crippen LogP contribution >= 0.6 is 0 Å². The molecule has 1 saturated heterocycles. The van der Waals surface area contributed by atoms with Gasteiger partial charge >= 0.3 is 0 Å². The van der Waals surface area contributed by atoms with Gasteiger partial charge in [-0.05, 0) is 68.5 Å². The first-order valence-electron chi connectivity index (χ1n) is 9.15. The average Bonchev–Trinajstić information content (AvgIpc) is 2.94. The van der Waals surface area contributed by atoms with Crippen LogP contribution in [0.2, 0.25) is 0 Å². The predicted molar refractivity (Wildman–Crippen MR) is 117 cm³/mol. The van der Waals surface area contributed by atoms with E-state index in [0.29, 0.717) is 0 Å². The Kier molecular flexibility index (Phi) is 5.92. The van der Waals surface area contributed by atoms with Crippen molar-refractivity contribution < 1.29 is 0 Å². The summed E-state index contributed by atoms with van der Waals surface area (Å²) in [5.41, 5.74) is 7.85. The monoisotopic (exact) mass is 345 g/mol. The van der Waals surface area contributed by atoms with Gasteiger partial charge < -0.3 is 4.90 Å². The van der Waals surface area contributed by atoms with Crippen LogP contribution in [0, 0.1) is 5.41 Å². The quantitative estimate of drug-likeness (QED) is 0.498. The molecule has 1 heteroatoms. The molecule has 1 aliphatic rings. The van der Waals surface area contributed by atoms with Crippen LogP contribution in [-0.4, -0.2) is 6.54 Å². The second kappa shape index (κ2) is 7.78. The third-order valence-electron chi connectivity index (χ3n) is 5.60. The lowest BCUT2D eigenvalue weighted by Gasteiger charge is -2.32. The van der Waals surface area contributed by atoms with Crippen LogP contribution in [0.4, 0.5) is 5.69 Å². The van der Waals surface area contributed by atoms with Crippen LogP contribution in [0.5, 0.6) is 0 Å². The normalized spacial score (nSPS) is 21.1. The van der Waals surface area contributed by atoms with Gasteiger partial charge in [-0.3, -0.25) is 0 Å². The highest BCUT2D eigenvalue weighted by molar-refractivity contribution is 5.66. The maximum absolute atomic E-state index is 4.46. The zero-order valence-electron chi connectivity index (χ0n) is 16.7. The molecule has 1 aromatic carbocycles. The second-order valence-electron chi connectivity index (χ2n) is 7.27. The molecule has 0 aliphatic carbocycles. The fourth-order valence-corrected chi connectivity index (χ4v) is 3.49. The first-order valence-corrected chi connectivity index (χ1v) is 9.15. The maximum atomic E-state index is 4.46. The summed E-state index contributed by atoms with van der Waals surface area (Å²) in [4.78, 5) is 2.31. The number of anilines is 1.